The van der Waals surface area contributed by atoms with Gasteiger partial charge in [0.15, 0.2) is 11.5 Å². The van der Waals surface area contributed by atoms with Crippen LogP contribution in [0.1, 0.15) is 17.2 Å². The second kappa shape index (κ2) is 8.71. The van der Waals surface area contributed by atoms with Gasteiger partial charge in [0.1, 0.15) is 5.76 Å². The van der Waals surface area contributed by atoms with Crippen molar-refractivity contribution in [1.82, 2.24) is 10.6 Å². The van der Waals surface area contributed by atoms with Crippen LogP contribution in [-0.4, -0.2) is 30.3 Å². The second-order valence-electron chi connectivity index (χ2n) is 6.70. The third kappa shape index (κ3) is 4.44. The summed E-state index contributed by atoms with van der Waals surface area (Å²) in [7, 11) is 0. The van der Waals surface area contributed by atoms with E-state index in [1.165, 1.54) is 0 Å². The first kappa shape index (κ1) is 19.5. The number of aliphatic hydroxyl groups is 1. The molecule has 2 aromatic carbocycles. The monoisotopic (exact) mass is 408 g/mol. The van der Waals surface area contributed by atoms with Crippen LogP contribution in [0.4, 0.5) is 0 Å². The molecule has 1 aliphatic heterocycles. The van der Waals surface area contributed by atoms with E-state index in [0.717, 1.165) is 16.9 Å². The molecular formula is C22H20N2O6. The maximum atomic E-state index is 12.0. The van der Waals surface area contributed by atoms with Gasteiger partial charge in [0.05, 0.1) is 12.4 Å². The number of hydrogen-bond acceptors (Lipinski definition) is 6. The Morgan fingerprint density at radius 3 is 2.50 bits per heavy atom. The van der Waals surface area contributed by atoms with Crippen LogP contribution < -0.4 is 20.1 Å². The highest BCUT2D eigenvalue weighted by molar-refractivity contribution is 6.35. The highest BCUT2D eigenvalue weighted by Crippen LogP contribution is 2.32. The number of ether oxygens (including phenoxy) is 2. The minimum Gasteiger partial charge on any atom is -0.464 e. The first-order chi connectivity index (χ1) is 14.6. The predicted molar refractivity (Wildman–Crippen MR) is 107 cm³/mol. The van der Waals surface area contributed by atoms with Crippen molar-refractivity contribution in [3.8, 4) is 22.8 Å². The Morgan fingerprint density at radius 1 is 0.967 bits per heavy atom. The van der Waals surface area contributed by atoms with Gasteiger partial charge in [0.2, 0.25) is 6.79 Å². The Kier molecular flexibility index (Phi) is 5.67. The van der Waals surface area contributed by atoms with E-state index in [2.05, 4.69) is 10.6 Å². The first-order valence-electron chi connectivity index (χ1n) is 9.36. The van der Waals surface area contributed by atoms with Crippen molar-refractivity contribution >= 4 is 11.8 Å². The lowest BCUT2D eigenvalue weighted by Crippen LogP contribution is -2.41. The van der Waals surface area contributed by atoms with E-state index in [-0.39, 0.29) is 19.9 Å². The number of benzene rings is 2. The van der Waals surface area contributed by atoms with E-state index in [1.54, 1.807) is 42.7 Å². The van der Waals surface area contributed by atoms with Crippen LogP contribution in [0, 0.1) is 0 Å². The molecule has 4 rings (SSSR count). The summed E-state index contributed by atoms with van der Waals surface area (Å²) in [6, 6.07) is 16.0. The molecule has 0 bridgehead atoms. The van der Waals surface area contributed by atoms with Gasteiger partial charge in [-0.2, -0.15) is 0 Å². The fraction of sp³-hybridized carbons (Fsp3) is 0.182. The van der Waals surface area contributed by atoms with E-state index >= 15 is 0 Å². The average Bonchev–Trinajstić information content (AvgIpc) is 3.47. The summed E-state index contributed by atoms with van der Waals surface area (Å²) in [4.78, 5) is 24.0. The van der Waals surface area contributed by atoms with E-state index in [9.17, 15) is 14.7 Å². The number of rotatable bonds is 6. The molecule has 1 atom stereocenters. The summed E-state index contributed by atoms with van der Waals surface area (Å²) in [5, 5.41) is 15.2. The van der Waals surface area contributed by atoms with Gasteiger partial charge in [-0.1, -0.05) is 30.3 Å². The van der Waals surface area contributed by atoms with Crippen molar-refractivity contribution in [3.05, 3.63) is 72.0 Å². The molecule has 0 aliphatic carbocycles. The van der Waals surface area contributed by atoms with Gasteiger partial charge in [-0.05, 0) is 35.4 Å². The number of aliphatic hydroxyl groups excluding tert-OH is 1. The smallest absolute Gasteiger partial charge is 0.309 e. The molecular weight excluding hydrogens is 388 g/mol. The van der Waals surface area contributed by atoms with Crippen molar-refractivity contribution in [3.63, 3.8) is 0 Å². The summed E-state index contributed by atoms with van der Waals surface area (Å²) in [6.07, 6.45) is 0.645. The summed E-state index contributed by atoms with van der Waals surface area (Å²) in [5.41, 5.74) is 2.27. The van der Waals surface area contributed by atoms with Gasteiger partial charge in [-0.15, -0.1) is 0 Å². The van der Waals surface area contributed by atoms with Crippen LogP contribution in [0.25, 0.3) is 11.3 Å². The molecule has 1 aliphatic rings. The molecule has 0 saturated carbocycles. The Labute approximate surface area is 172 Å². The lowest BCUT2D eigenvalue weighted by atomic mass is 10.1. The van der Waals surface area contributed by atoms with Crippen LogP contribution in [0.15, 0.2) is 65.3 Å². The number of carbonyl (C=O) groups excluding carboxylic acids is 2. The Bertz CT molecular complexity index is 1030. The molecule has 1 aromatic heterocycles. The summed E-state index contributed by atoms with van der Waals surface area (Å²) < 4.78 is 15.8. The van der Waals surface area contributed by atoms with Crippen LogP contribution in [0.3, 0.4) is 0 Å². The van der Waals surface area contributed by atoms with Crippen molar-refractivity contribution in [1.29, 1.82) is 0 Å². The maximum Gasteiger partial charge on any atom is 0.309 e. The summed E-state index contributed by atoms with van der Waals surface area (Å²) >= 11 is 0. The molecule has 0 saturated heterocycles. The number of fused-ring (bicyclic) bond motifs is 1. The molecule has 3 N–H and O–H groups in total. The van der Waals surface area contributed by atoms with Crippen molar-refractivity contribution in [2.75, 3.05) is 13.3 Å². The number of amides is 2. The zero-order valence-corrected chi connectivity index (χ0v) is 16.0. The molecule has 0 fully saturated rings. The summed E-state index contributed by atoms with van der Waals surface area (Å²) in [5.74, 6) is 0.375. The number of carbonyl (C=O) groups is 2. The molecule has 8 heteroatoms. The third-order valence-electron chi connectivity index (χ3n) is 4.65. The van der Waals surface area contributed by atoms with Gasteiger partial charge in [-0.3, -0.25) is 9.59 Å². The quantitative estimate of drug-likeness (QED) is 0.539. The molecule has 30 heavy (non-hydrogen) atoms. The van der Waals surface area contributed by atoms with Crippen molar-refractivity contribution < 1.29 is 28.6 Å². The van der Waals surface area contributed by atoms with Gasteiger partial charge in [0.25, 0.3) is 0 Å². The van der Waals surface area contributed by atoms with Crippen molar-refractivity contribution in [2.45, 2.75) is 12.6 Å². The fourth-order valence-electron chi connectivity index (χ4n) is 3.01. The first-order valence-corrected chi connectivity index (χ1v) is 9.36. The van der Waals surface area contributed by atoms with Gasteiger partial charge in [-0.25, -0.2) is 0 Å². The number of hydrogen-bond donors (Lipinski definition) is 3. The van der Waals surface area contributed by atoms with E-state index in [1.807, 2.05) is 18.2 Å². The lowest BCUT2D eigenvalue weighted by molar-refractivity contribution is -0.139. The standard InChI is InChI=1S/C22H20N2O6/c25-17(15-4-6-16(7-5-15)18-2-1-9-28-18)12-24-22(27)21(26)23-11-14-3-8-19-20(10-14)30-13-29-19/h1-10,17,25H,11-13H2,(H,23,26)(H,24,27)/t17-/m0/s1. The SMILES string of the molecule is O=C(NCc1ccc2c(c1)OCO2)C(=O)NC[C@H](O)c1ccc(-c2ccco2)cc1. The second-order valence-corrected chi connectivity index (χ2v) is 6.70. The lowest BCUT2D eigenvalue weighted by Gasteiger charge is -2.13. The topological polar surface area (TPSA) is 110 Å². The van der Waals surface area contributed by atoms with E-state index < -0.39 is 17.9 Å². The maximum absolute atomic E-state index is 12.0. The molecule has 0 radical (unpaired) electrons. The van der Waals surface area contributed by atoms with Crippen LogP contribution in [0.5, 0.6) is 11.5 Å². The molecule has 0 spiro atoms. The molecule has 0 unspecified atom stereocenters. The Hall–Kier alpha value is -3.78. The van der Waals surface area contributed by atoms with E-state index in [0.29, 0.717) is 17.1 Å². The Morgan fingerprint density at radius 2 is 1.73 bits per heavy atom. The zero-order chi connectivity index (χ0) is 20.9. The fourth-order valence-corrected chi connectivity index (χ4v) is 3.01. The Balaban J connectivity index is 1.25. The normalized spacial score (nSPS) is 13.0. The molecule has 2 amide bonds. The third-order valence-corrected chi connectivity index (χ3v) is 4.65. The van der Waals surface area contributed by atoms with Gasteiger partial charge in [0, 0.05) is 18.7 Å². The van der Waals surface area contributed by atoms with Crippen molar-refractivity contribution in [2.24, 2.45) is 0 Å². The number of furan rings is 1. The number of nitrogens with one attached hydrogen (secondary N) is 2. The highest BCUT2D eigenvalue weighted by Gasteiger charge is 2.17. The van der Waals surface area contributed by atoms with Crippen LogP contribution >= 0.6 is 0 Å². The minimum atomic E-state index is -0.943. The molecule has 8 nitrogen and oxygen atoms in total. The molecule has 154 valence electrons. The summed E-state index contributed by atoms with van der Waals surface area (Å²) in [6.45, 7) is 0.248. The van der Waals surface area contributed by atoms with Crippen LogP contribution in [-0.2, 0) is 16.1 Å². The average molecular weight is 408 g/mol. The highest BCUT2D eigenvalue weighted by atomic mass is 16.7. The zero-order valence-electron chi connectivity index (χ0n) is 16.0. The molecule has 3 aromatic rings. The van der Waals surface area contributed by atoms with Crippen LogP contribution in [0.2, 0.25) is 0 Å². The van der Waals surface area contributed by atoms with Gasteiger partial charge >= 0.3 is 11.8 Å². The molecule has 2 heterocycles. The largest absolute Gasteiger partial charge is 0.464 e. The van der Waals surface area contributed by atoms with E-state index in [4.69, 9.17) is 13.9 Å². The minimum absolute atomic E-state index is 0.0869. The predicted octanol–water partition coefficient (Wildman–Crippen LogP) is 2.14. The van der Waals surface area contributed by atoms with Gasteiger partial charge < -0.3 is 29.6 Å².